The van der Waals surface area contributed by atoms with Gasteiger partial charge >= 0.3 is 0 Å². The van der Waals surface area contributed by atoms with Gasteiger partial charge in [-0.05, 0) is 19.8 Å². The summed E-state index contributed by atoms with van der Waals surface area (Å²) in [5.74, 6) is 0.0295. The van der Waals surface area contributed by atoms with Crippen LogP contribution in [0.4, 0.5) is 0 Å². The van der Waals surface area contributed by atoms with Gasteiger partial charge in [-0.15, -0.1) is 0 Å². The summed E-state index contributed by atoms with van der Waals surface area (Å²) < 4.78 is 0. The van der Waals surface area contributed by atoms with Crippen LogP contribution in [-0.2, 0) is 4.79 Å². The molecule has 0 aliphatic carbocycles. The van der Waals surface area contributed by atoms with Crippen LogP contribution in [0.25, 0.3) is 0 Å². The Morgan fingerprint density at radius 2 is 2.50 bits per heavy atom. The largest absolute Gasteiger partial charge is 0.384 e. The van der Waals surface area contributed by atoms with Crippen molar-refractivity contribution >= 4 is 5.91 Å². The van der Waals surface area contributed by atoms with Crippen molar-refractivity contribution in [2.45, 2.75) is 38.8 Å². The molecule has 2 unspecified atom stereocenters. The van der Waals surface area contributed by atoms with Gasteiger partial charge in [0.25, 0.3) is 0 Å². The molecule has 1 amide bonds. The zero-order valence-electron chi connectivity index (χ0n) is 7.68. The Hall–Kier alpha value is -0.990. The molecule has 0 bridgehead atoms. The number of rotatable bonds is 2. The average molecular weight is 168 g/mol. The van der Waals surface area contributed by atoms with E-state index < -0.39 is 0 Å². The zero-order chi connectivity index (χ0) is 9.14. The smallest absolute Gasteiger partial charge is 0.217 e. The lowest BCUT2D eigenvalue weighted by Crippen LogP contribution is -2.44. The van der Waals surface area contributed by atoms with Crippen LogP contribution in [0.5, 0.6) is 0 Å². The molecule has 1 aliphatic rings. The van der Waals surface area contributed by atoms with Gasteiger partial charge in [-0.25, -0.2) is 0 Å². The second-order valence-corrected chi connectivity index (χ2v) is 3.38. The molecule has 0 aromatic carbocycles. The van der Waals surface area contributed by atoms with Gasteiger partial charge in [-0.2, -0.15) is 0 Å². The molecule has 2 atom stereocenters. The normalized spacial score (nSPS) is 24.8. The first-order valence-corrected chi connectivity index (χ1v) is 4.31. The average Bonchev–Trinajstić information content (AvgIpc) is 2.34. The Morgan fingerprint density at radius 1 is 1.83 bits per heavy atom. The Kier molecular flexibility index (Phi) is 2.74. The Morgan fingerprint density at radius 3 is 2.92 bits per heavy atom. The molecule has 2 N–H and O–H groups in total. The van der Waals surface area contributed by atoms with E-state index in [4.69, 9.17) is 0 Å². The fraction of sp³-hybridized carbons (Fsp3) is 0.667. The highest BCUT2D eigenvalue weighted by Crippen LogP contribution is 2.15. The van der Waals surface area contributed by atoms with E-state index in [9.17, 15) is 4.79 Å². The van der Waals surface area contributed by atoms with Crippen LogP contribution in [0.15, 0.2) is 12.3 Å². The minimum Gasteiger partial charge on any atom is -0.384 e. The summed E-state index contributed by atoms with van der Waals surface area (Å²) >= 11 is 0. The molecule has 1 saturated heterocycles. The van der Waals surface area contributed by atoms with Crippen LogP contribution in [0.3, 0.4) is 0 Å². The first-order valence-electron chi connectivity index (χ1n) is 4.31. The van der Waals surface area contributed by atoms with Gasteiger partial charge in [0.2, 0.25) is 5.91 Å². The molecule has 0 aromatic heterocycles. The second-order valence-electron chi connectivity index (χ2n) is 3.38. The summed E-state index contributed by atoms with van der Waals surface area (Å²) in [5.41, 5.74) is 1.08. The highest BCUT2D eigenvalue weighted by atomic mass is 16.1. The molecule has 1 aliphatic heterocycles. The third-order valence-corrected chi connectivity index (χ3v) is 2.18. The first kappa shape index (κ1) is 9.10. The summed E-state index contributed by atoms with van der Waals surface area (Å²) in [5, 5.41) is 6.11. The number of hydrogen-bond acceptors (Lipinski definition) is 2. The van der Waals surface area contributed by atoms with Gasteiger partial charge in [0.15, 0.2) is 0 Å². The van der Waals surface area contributed by atoms with E-state index in [0.29, 0.717) is 6.04 Å². The molecule has 0 saturated carbocycles. The topological polar surface area (TPSA) is 41.1 Å². The number of amides is 1. The number of carbonyl (C=O) groups is 1. The van der Waals surface area contributed by atoms with Crippen molar-refractivity contribution in [3.8, 4) is 0 Å². The van der Waals surface area contributed by atoms with Crippen LogP contribution in [0.1, 0.15) is 26.7 Å². The van der Waals surface area contributed by atoms with E-state index in [2.05, 4.69) is 17.2 Å². The molecule has 1 heterocycles. The summed E-state index contributed by atoms with van der Waals surface area (Å²) in [6, 6.07) is 0.558. The van der Waals surface area contributed by atoms with Crippen molar-refractivity contribution < 1.29 is 4.79 Å². The standard InChI is InChI=1S/C9H16N2O/c1-6-4-5-9(10-6)7(2)11-8(3)12/h7,9-10H,1,4-5H2,2-3H3,(H,11,12). The molecule has 12 heavy (non-hydrogen) atoms. The minimum atomic E-state index is 0.0295. The van der Waals surface area contributed by atoms with Crippen molar-refractivity contribution in [2.75, 3.05) is 0 Å². The van der Waals surface area contributed by atoms with E-state index in [1.54, 1.807) is 6.92 Å². The van der Waals surface area contributed by atoms with E-state index >= 15 is 0 Å². The van der Waals surface area contributed by atoms with E-state index in [-0.39, 0.29) is 11.9 Å². The summed E-state index contributed by atoms with van der Waals surface area (Å²) in [7, 11) is 0. The van der Waals surface area contributed by atoms with E-state index in [1.165, 1.54) is 0 Å². The minimum absolute atomic E-state index is 0.0295. The molecular weight excluding hydrogens is 152 g/mol. The molecule has 0 aromatic rings. The number of nitrogens with one attached hydrogen (secondary N) is 2. The molecule has 1 fully saturated rings. The predicted octanol–water partition coefficient (Wildman–Crippen LogP) is 0.777. The third-order valence-electron chi connectivity index (χ3n) is 2.18. The quantitative estimate of drug-likeness (QED) is 0.639. The summed E-state index contributed by atoms with van der Waals surface area (Å²) in [6.07, 6.45) is 2.09. The summed E-state index contributed by atoms with van der Waals surface area (Å²) in [4.78, 5) is 10.7. The number of allylic oxidation sites excluding steroid dienone is 1. The van der Waals surface area contributed by atoms with Crippen molar-refractivity contribution in [1.29, 1.82) is 0 Å². The zero-order valence-corrected chi connectivity index (χ0v) is 7.68. The fourth-order valence-corrected chi connectivity index (χ4v) is 1.53. The first-order chi connectivity index (χ1) is 5.59. The molecular formula is C9H16N2O. The maximum absolute atomic E-state index is 10.7. The van der Waals surface area contributed by atoms with Crippen molar-refractivity contribution in [3.05, 3.63) is 12.3 Å². The van der Waals surface area contributed by atoms with Crippen molar-refractivity contribution in [3.63, 3.8) is 0 Å². The van der Waals surface area contributed by atoms with Crippen molar-refractivity contribution in [1.82, 2.24) is 10.6 Å². The molecule has 3 nitrogen and oxygen atoms in total. The maximum Gasteiger partial charge on any atom is 0.217 e. The van der Waals surface area contributed by atoms with Crippen LogP contribution in [0.2, 0.25) is 0 Å². The molecule has 3 heteroatoms. The highest BCUT2D eigenvalue weighted by molar-refractivity contribution is 5.73. The molecule has 0 spiro atoms. The van der Waals surface area contributed by atoms with Crippen LogP contribution in [0, 0.1) is 0 Å². The number of hydrogen-bond donors (Lipinski definition) is 2. The molecule has 68 valence electrons. The van der Waals surface area contributed by atoms with Gasteiger partial charge in [-0.1, -0.05) is 6.58 Å². The van der Waals surface area contributed by atoms with E-state index in [1.807, 2.05) is 6.92 Å². The summed E-state index contributed by atoms with van der Waals surface area (Å²) in [6.45, 7) is 7.40. The Labute approximate surface area is 73.2 Å². The van der Waals surface area contributed by atoms with Gasteiger partial charge in [0.1, 0.15) is 0 Å². The Bertz CT molecular complexity index is 201. The van der Waals surface area contributed by atoms with Crippen LogP contribution in [-0.4, -0.2) is 18.0 Å². The highest BCUT2D eigenvalue weighted by Gasteiger charge is 2.22. The van der Waals surface area contributed by atoms with Gasteiger partial charge in [-0.3, -0.25) is 4.79 Å². The molecule has 1 rings (SSSR count). The monoisotopic (exact) mass is 168 g/mol. The van der Waals surface area contributed by atoms with Gasteiger partial charge in [0.05, 0.1) is 0 Å². The lowest BCUT2D eigenvalue weighted by atomic mass is 10.1. The van der Waals surface area contributed by atoms with Crippen LogP contribution >= 0.6 is 0 Å². The number of carbonyl (C=O) groups excluding carboxylic acids is 1. The van der Waals surface area contributed by atoms with Gasteiger partial charge < -0.3 is 10.6 Å². The molecule has 0 radical (unpaired) electrons. The predicted molar refractivity (Wildman–Crippen MR) is 48.6 cm³/mol. The lowest BCUT2D eigenvalue weighted by molar-refractivity contribution is -0.119. The second kappa shape index (κ2) is 3.61. The fourth-order valence-electron chi connectivity index (χ4n) is 1.53. The Balaban J connectivity index is 2.37. The van der Waals surface area contributed by atoms with Crippen molar-refractivity contribution in [2.24, 2.45) is 0 Å². The third kappa shape index (κ3) is 2.26. The lowest BCUT2D eigenvalue weighted by Gasteiger charge is -2.20. The van der Waals surface area contributed by atoms with E-state index in [0.717, 1.165) is 18.5 Å². The maximum atomic E-state index is 10.7. The van der Waals surface area contributed by atoms with Crippen LogP contribution < -0.4 is 10.6 Å². The SMILES string of the molecule is C=C1CCC(C(C)NC(C)=O)N1. The van der Waals surface area contributed by atoms with Gasteiger partial charge in [0, 0.05) is 24.7 Å².